The van der Waals surface area contributed by atoms with Crippen molar-refractivity contribution in [2.75, 3.05) is 18.4 Å². The first-order valence-corrected chi connectivity index (χ1v) is 11.9. The molecule has 1 saturated heterocycles. The Bertz CT molecular complexity index is 1130. The molecule has 31 heavy (non-hydrogen) atoms. The predicted molar refractivity (Wildman–Crippen MR) is 117 cm³/mol. The molecule has 0 radical (unpaired) electrons. The second kappa shape index (κ2) is 5.38. The molecule has 2 aromatic carbocycles. The van der Waals surface area contributed by atoms with Crippen LogP contribution in [0.4, 0.5) is 5.69 Å². The minimum atomic E-state index is -0.850. The highest BCUT2D eigenvalue weighted by Crippen LogP contribution is 2.68. The monoisotopic (exact) mass is 416 g/mol. The number of anilines is 1. The van der Waals surface area contributed by atoms with Crippen LogP contribution in [0.15, 0.2) is 36.4 Å². The van der Waals surface area contributed by atoms with E-state index < -0.39 is 11.0 Å². The molecule has 8 rings (SSSR count). The number of phenols is 1. The fourth-order valence-electron chi connectivity index (χ4n) is 8.12. The van der Waals surface area contributed by atoms with Crippen LogP contribution in [0.25, 0.3) is 0 Å². The number of ether oxygens (including phenoxy) is 1. The molecule has 3 N–H and O–H groups in total. The van der Waals surface area contributed by atoms with Crippen molar-refractivity contribution in [3.63, 3.8) is 0 Å². The van der Waals surface area contributed by atoms with Gasteiger partial charge in [-0.25, -0.2) is 0 Å². The fraction of sp³-hybridized carbons (Fsp3) is 0.538. The molecule has 3 fully saturated rings. The van der Waals surface area contributed by atoms with Crippen molar-refractivity contribution in [1.29, 1.82) is 0 Å². The Morgan fingerprint density at radius 3 is 2.90 bits per heavy atom. The lowest BCUT2D eigenvalue weighted by Crippen LogP contribution is -2.78. The number of hydrogen-bond donors (Lipinski definition) is 3. The van der Waals surface area contributed by atoms with Gasteiger partial charge in [-0.3, -0.25) is 4.90 Å². The lowest BCUT2D eigenvalue weighted by atomic mass is 9.46. The van der Waals surface area contributed by atoms with Crippen LogP contribution in [0.2, 0.25) is 0 Å². The SMILES string of the molecule is Oc1ccc2c3c1OC1C4Nc5ccccc5C4C[C@@]4(O)C(C2)N(CC2CC2)CC[C@]314. The summed E-state index contributed by atoms with van der Waals surface area (Å²) in [7, 11) is 0. The number of benzene rings is 2. The maximum Gasteiger partial charge on any atom is 0.165 e. The van der Waals surface area contributed by atoms with Crippen LogP contribution in [0.1, 0.15) is 48.3 Å². The van der Waals surface area contributed by atoms with Gasteiger partial charge in [0, 0.05) is 29.8 Å². The summed E-state index contributed by atoms with van der Waals surface area (Å²) in [6.07, 6.45) is 4.97. The van der Waals surface area contributed by atoms with Crippen LogP contribution in [0.3, 0.4) is 0 Å². The lowest BCUT2D eigenvalue weighted by molar-refractivity contribution is -0.191. The van der Waals surface area contributed by atoms with Gasteiger partial charge in [-0.15, -0.1) is 0 Å². The van der Waals surface area contributed by atoms with Crippen molar-refractivity contribution in [2.24, 2.45) is 5.92 Å². The fourth-order valence-corrected chi connectivity index (χ4v) is 8.12. The summed E-state index contributed by atoms with van der Waals surface area (Å²) >= 11 is 0. The summed E-state index contributed by atoms with van der Waals surface area (Å²) in [6.45, 7) is 2.11. The highest BCUT2D eigenvalue weighted by molar-refractivity contribution is 5.67. The molecular formula is C26H28N2O3. The van der Waals surface area contributed by atoms with E-state index in [0.717, 1.165) is 43.8 Å². The Balaban J connectivity index is 1.35. The van der Waals surface area contributed by atoms with Crippen molar-refractivity contribution in [1.82, 2.24) is 4.90 Å². The summed E-state index contributed by atoms with van der Waals surface area (Å²) < 4.78 is 6.66. The average Bonchev–Trinajstić information content (AvgIpc) is 3.40. The first-order valence-electron chi connectivity index (χ1n) is 11.9. The summed E-state index contributed by atoms with van der Waals surface area (Å²) in [5.41, 5.74) is 3.55. The summed E-state index contributed by atoms with van der Waals surface area (Å²) in [4.78, 5) is 2.60. The van der Waals surface area contributed by atoms with E-state index in [0.29, 0.717) is 5.75 Å². The zero-order valence-electron chi connectivity index (χ0n) is 17.6. The van der Waals surface area contributed by atoms with Crippen molar-refractivity contribution in [3.05, 3.63) is 53.1 Å². The number of hydrogen-bond acceptors (Lipinski definition) is 5. The quantitative estimate of drug-likeness (QED) is 0.702. The van der Waals surface area contributed by atoms with Gasteiger partial charge in [0.15, 0.2) is 11.5 Å². The first-order chi connectivity index (χ1) is 15.1. The van der Waals surface area contributed by atoms with Gasteiger partial charge in [0.25, 0.3) is 0 Å². The van der Waals surface area contributed by atoms with Gasteiger partial charge in [-0.2, -0.15) is 0 Å². The second-order valence-corrected chi connectivity index (χ2v) is 10.9. The molecule has 5 nitrogen and oxygen atoms in total. The topological polar surface area (TPSA) is 65.0 Å². The zero-order chi connectivity index (χ0) is 20.5. The minimum Gasteiger partial charge on any atom is -0.504 e. The summed E-state index contributed by atoms with van der Waals surface area (Å²) in [5, 5.41) is 27.3. The molecule has 1 spiro atoms. The normalized spacial score (nSPS) is 41.1. The van der Waals surface area contributed by atoms with Gasteiger partial charge >= 0.3 is 0 Å². The van der Waals surface area contributed by atoms with Crippen LogP contribution in [0, 0.1) is 5.92 Å². The van der Waals surface area contributed by atoms with Crippen molar-refractivity contribution in [2.45, 2.75) is 67.2 Å². The number of nitrogens with one attached hydrogen (secondary N) is 1. The Hall–Kier alpha value is -2.24. The number of fused-ring (bicyclic) bond motifs is 4. The minimum absolute atomic E-state index is 0.115. The number of rotatable bonds is 2. The van der Waals surface area contributed by atoms with Gasteiger partial charge in [0.1, 0.15) is 6.10 Å². The number of piperidine rings is 1. The van der Waals surface area contributed by atoms with Crippen LogP contribution >= 0.6 is 0 Å². The molecule has 5 heteroatoms. The molecule has 0 amide bonds. The molecule has 6 aliphatic rings. The number of aliphatic hydroxyl groups is 1. The average molecular weight is 417 g/mol. The third kappa shape index (κ3) is 1.89. The predicted octanol–water partition coefficient (Wildman–Crippen LogP) is 3.14. The van der Waals surface area contributed by atoms with Gasteiger partial charge in [-0.1, -0.05) is 24.3 Å². The number of likely N-dealkylation sites (tertiary alicyclic amines) is 1. The van der Waals surface area contributed by atoms with Gasteiger partial charge < -0.3 is 20.3 Å². The van der Waals surface area contributed by atoms with Gasteiger partial charge in [0.2, 0.25) is 0 Å². The molecule has 2 bridgehead atoms. The van der Waals surface area contributed by atoms with E-state index in [9.17, 15) is 10.2 Å². The Morgan fingerprint density at radius 2 is 2.03 bits per heavy atom. The molecule has 3 aliphatic carbocycles. The number of para-hydroxylation sites is 1. The molecule has 4 unspecified atom stereocenters. The van der Waals surface area contributed by atoms with E-state index in [4.69, 9.17) is 4.74 Å². The van der Waals surface area contributed by atoms with Crippen molar-refractivity contribution >= 4 is 5.69 Å². The zero-order valence-corrected chi connectivity index (χ0v) is 17.6. The maximum atomic E-state index is 12.7. The third-order valence-electron chi connectivity index (χ3n) is 9.53. The standard InChI is InChI=1S/C26H28N2O3/c29-19-8-7-15-11-20-26(30)12-17-16-3-1-2-4-18(16)27-22(17)24-25(26,21(15)23(19)31-24)9-10-28(20)13-14-5-6-14/h1-4,7-8,14,17,20,22,24,27,29-30H,5-6,9-13H2/t17?,20?,22?,24?,25-,26+/m0/s1. The number of phenolic OH excluding ortho intramolecular Hbond substituents is 1. The maximum absolute atomic E-state index is 12.7. The van der Waals surface area contributed by atoms with Crippen LogP contribution in [0.5, 0.6) is 11.5 Å². The van der Waals surface area contributed by atoms with Crippen LogP contribution in [-0.4, -0.2) is 52.0 Å². The Labute approximate surface area is 182 Å². The first kappa shape index (κ1) is 17.3. The molecule has 160 valence electrons. The molecule has 6 atom stereocenters. The highest BCUT2D eigenvalue weighted by atomic mass is 16.5. The van der Waals surface area contributed by atoms with E-state index in [2.05, 4.69) is 40.5 Å². The molecule has 3 aliphatic heterocycles. The van der Waals surface area contributed by atoms with E-state index in [-0.39, 0.29) is 29.9 Å². The molecular weight excluding hydrogens is 388 g/mol. The molecule has 2 saturated carbocycles. The van der Waals surface area contributed by atoms with Crippen LogP contribution < -0.4 is 10.1 Å². The van der Waals surface area contributed by atoms with Gasteiger partial charge in [-0.05, 0) is 67.8 Å². The van der Waals surface area contributed by atoms with E-state index in [1.807, 2.05) is 0 Å². The highest BCUT2D eigenvalue weighted by Gasteiger charge is 2.75. The summed E-state index contributed by atoms with van der Waals surface area (Å²) in [5.74, 6) is 1.88. The molecule has 2 aromatic rings. The van der Waals surface area contributed by atoms with E-state index in [1.165, 1.54) is 29.7 Å². The second-order valence-electron chi connectivity index (χ2n) is 10.9. The third-order valence-corrected chi connectivity index (χ3v) is 9.53. The smallest absolute Gasteiger partial charge is 0.165 e. The Morgan fingerprint density at radius 1 is 1.16 bits per heavy atom. The largest absolute Gasteiger partial charge is 0.504 e. The summed E-state index contributed by atoms with van der Waals surface area (Å²) in [6, 6.07) is 12.6. The van der Waals surface area contributed by atoms with E-state index >= 15 is 0 Å². The number of aromatic hydroxyl groups is 1. The van der Waals surface area contributed by atoms with Crippen molar-refractivity contribution in [3.8, 4) is 11.5 Å². The Kier molecular flexibility index (Phi) is 3.01. The molecule has 0 aromatic heterocycles. The lowest BCUT2D eigenvalue weighted by Gasteiger charge is -2.65. The van der Waals surface area contributed by atoms with Crippen LogP contribution in [-0.2, 0) is 11.8 Å². The van der Waals surface area contributed by atoms with Gasteiger partial charge in [0.05, 0.1) is 17.1 Å². The van der Waals surface area contributed by atoms with E-state index in [1.54, 1.807) is 6.07 Å². The van der Waals surface area contributed by atoms with Crippen molar-refractivity contribution < 1.29 is 14.9 Å². The molecule has 3 heterocycles. The number of nitrogens with zero attached hydrogens (tertiary/aromatic N) is 1.